The molecule has 341 valence electrons. The molecule has 6 nitrogen and oxygen atoms in total. The van der Waals surface area contributed by atoms with E-state index in [-0.39, 0.29) is 70.5 Å². The molecule has 3 rings (SSSR count). The van der Waals surface area contributed by atoms with Gasteiger partial charge in [0.1, 0.15) is 0 Å². The predicted octanol–water partition coefficient (Wildman–Crippen LogP) is 10.7. The molecule has 0 heterocycles. The van der Waals surface area contributed by atoms with Crippen LogP contribution in [0.25, 0.3) is 0 Å². The van der Waals surface area contributed by atoms with Gasteiger partial charge in [0.05, 0.1) is 0 Å². The van der Waals surface area contributed by atoms with Gasteiger partial charge >= 0.3 is 366 Å². The van der Waals surface area contributed by atoms with Gasteiger partial charge in [-0.2, -0.15) is 0 Å². The summed E-state index contributed by atoms with van der Waals surface area (Å²) in [7, 11) is -2.40. The second kappa shape index (κ2) is 20.3. The van der Waals surface area contributed by atoms with Crippen molar-refractivity contribution < 1.29 is 79.0 Å². The topological polar surface area (TPSA) is 73.2 Å². The molecule has 3 N–H and O–H groups in total. The third-order valence-corrected chi connectivity index (χ3v) is 13.5. The Morgan fingerprint density at radius 2 is 0.565 bits per heavy atom. The second-order valence-corrected chi connectivity index (χ2v) is 20.1. The first-order valence-electron chi connectivity index (χ1n) is 16.7. The number of hydrogen-bond acceptors (Lipinski definition) is 3. The van der Waals surface area contributed by atoms with Crippen molar-refractivity contribution in [3.63, 3.8) is 0 Å². The van der Waals surface area contributed by atoms with Crippen molar-refractivity contribution in [2.24, 2.45) is 15.0 Å². The van der Waals surface area contributed by atoms with Crippen LogP contribution < -0.4 is 16.0 Å². The molecule has 0 aliphatic rings. The molecule has 0 unspecified atom stereocenters. The zero-order valence-corrected chi connectivity index (χ0v) is 36.8. The summed E-state index contributed by atoms with van der Waals surface area (Å²) in [6.07, 6.45) is -30.4. The number of benzene rings is 3. The van der Waals surface area contributed by atoms with Crippen LogP contribution in [-0.2, 0) is 37.1 Å². The van der Waals surface area contributed by atoms with Crippen molar-refractivity contribution in [3.05, 3.63) is 88.0 Å². The Kier molecular flexibility index (Phi) is 17.4. The van der Waals surface area contributed by atoms with Gasteiger partial charge in [-0.25, -0.2) is 0 Å². The van der Waals surface area contributed by atoms with E-state index in [1.165, 1.54) is 0 Å². The number of rotatable bonds is 12. The second-order valence-electron chi connectivity index (χ2n) is 13.1. The number of halogens is 18. The molecular weight excluding hydrogens is 1100 g/mol. The number of alkyl halides is 18. The van der Waals surface area contributed by atoms with E-state index < -0.39 is 94.8 Å². The first-order valence-corrected chi connectivity index (χ1v) is 22.1. The van der Waals surface area contributed by atoms with Crippen LogP contribution in [0.15, 0.2) is 69.6 Å². The Balaban J connectivity index is 1.87. The van der Waals surface area contributed by atoms with Gasteiger partial charge in [-0.3, -0.25) is 0 Å². The molecular formula is C34H27F18N6PSe3+. The summed E-state index contributed by atoms with van der Waals surface area (Å²) in [6, 6.07) is 2.28. The van der Waals surface area contributed by atoms with Crippen LogP contribution in [0.3, 0.4) is 0 Å². The van der Waals surface area contributed by atoms with Crippen molar-refractivity contribution in [3.8, 4) is 0 Å². The van der Waals surface area contributed by atoms with E-state index >= 15 is 0 Å². The van der Waals surface area contributed by atoms with Crippen LogP contribution in [0.4, 0.5) is 96.1 Å². The summed E-state index contributed by atoms with van der Waals surface area (Å²) in [6.45, 7) is 1.31. The fraction of sp³-hybridized carbons (Fsp3) is 0.382. The summed E-state index contributed by atoms with van der Waals surface area (Å²) < 4.78 is 239. The fourth-order valence-corrected chi connectivity index (χ4v) is 8.82. The third-order valence-electron chi connectivity index (χ3n) is 8.20. The number of amidine groups is 3. The molecule has 0 saturated carbocycles. The minimum atomic E-state index is -5.14. The Bertz CT molecular complexity index is 1790. The molecule has 62 heavy (non-hydrogen) atoms. The standard InChI is InChI=1S/C34H27F18N6PSe3/c1-59(5-2-53-26(60)56-23-11-17(29(35,36)37)8-18(12-23)30(38,39)40,6-3-54-27(61)57-24-13-19(31(41,42)43)9-20(14-24)32(44,45)46)7-4-55-28(62)58-25-15-21(33(47,48)49)10-22(16-25)34(50,51)52/h8-16H,2-7H2,1H3,(H,53,56)(H,54,57)(H,55,58)/q+1. The monoisotopic (exact) mass is 1130 g/mol. The summed E-state index contributed by atoms with van der Waals surface area (Å²) >= 11 is 7.15. The molecule has 0 saturated heterocycles. The summed E-state index contributed by atoms with van der Waals surface area (Å²) in [5.74, 6) is 0. The molecule has 28 heteroatoms. The van der Waals surface area contributed by atoms with Gasteiger partial charge in [0.25, 0.3) is 0 Å². The van der Waals surface area contributed by atoms with Gasteiger partial charge in [-0.05, 0) is 0 Å². The van der Waals surface area contributed by atoms with E-state index in [9.17, 15) is 79.0 Å². The van der Waals surface area contributed by atoms with Crippen molar-refractivity contribution in [2.45, 2.75) is 37.1 Å². The van der Waals surface area contributed by atoms with Crippen LogP contribution in [0.1, 0.15) is 33.4 Å². The Morgan fingerprint density at radius 3 is 0.726 bits per heavy atom. The van der Waals surface area contributed by atoms with Crippen LogP contribution >= 0.6 is 7.26 Å². The van der Waals surface area contributed by atoms with E-state index in [0.29, 0.717) is 36.4 Å². The molecule has 3 aromatic rings. The summed E-state index contributed by atoms with van der Waals surface area (Å²) in [4.78, 5) is 12.4. The van der Waals surface area contributed by atoms with Gasteiger partial charge in [-0.1, -0.05) is 0 Å². The SMILES string of the molecule is C[P+](CCN=C([Se])Nc1cc(C(F)(F)F)cc(C(F)(F)F)c1)(CCN=C([Se])Nc1cc(C(F)(F)F)cc(C(F)(F)F)c1)CCN=C([Se])Nc1cc(C(F)(F)F)cc(C(F)(F)F)c1. The molecule has 0 aliphatic heterocycles. The van der Waals surface area contributed by atoms with E-state index in [1.807, 2.05) is 0 Å². The molecule has 0 spiro atoms. The summed E-state index contributed by atoms with van der Waals surface area (Å²) in [5.41, 5.74) is -11.5. The molecule has 0 aromatic heterocycles. The van der Waals surface area contributed by atoms with Crippen LogP contribution in [0.5, 0.6) is 0 Å². The molecule has 0 bridgehead atoms. The van der Waals surface area contributed by atoms with Gasteiger partial charge in [-0.15, -0.1) is 0 Å². The van der Waals surface area contributed by atoms with Crippen molar-refractivity contribution in [2.75, 3.05) is 60.7 Å². The third kappa shape index (κ3) is 17.1. The van der Waals surface area contributed by atoms with Gasteiger partial charge in [0.2, 0.25) is 0 Å². The Hall–Kier alpha value is -3.20. The minimum absolute atomic E-state index is 0.0783. The number of nitrogens with one attached hydrogen (secondary N) is 3. The van der Waals surface area contributed by atoms with Gasteiger partial charge in [0.15, 0.2) is 0 Å². The quantitative estimate of drug-likeness (QED) is 0.0556. The van der Waals surface area contributed by atoms with Gasteiger partial charge < -0.3 is 0 Å². The average molecular weight is 1130 g/mol. The number of anilines is 3. The molecule has 0 aliphatic carbocycles. The van der Waals surface area contributed by atoms with E-state index in [0.717, 1.165) is 0 Å². The molecule has 0 atom stereocenters. The number of nitrogens with zero attached hydrogens (tertiary/aromatic N) is 3. The molecule has 0 fully saturated rings. The Labute approximate surface area is 365 Å². The van der Waals surface area contributed by atoms with Crippen LogP contribution in [0.2, 0.25) is 0 Å². The molecule has 3 radical (unpaired) electrons. The molecule has 3 aromatic carbocycles. The average Bonchev–Trinajstić information content (AvgIpc) is 3.09. The molecule has 0 amide bonds. The van der Waals surface area contributed by atoms with Crippen molar-refractivity contribution >= 4 is 86.6 Å². The first-order chi connectivity index (χ1) is 28.0. The zero-order chi connectivity index (χ0) is 47.3. The van der Waals surface area contributed by atoms with E-state index in [4.69, 9.17) is 0 Å². The van der Waals surface area contributed by atoms with Gasteiger partial charge in [0, 0.05) is 0 Å². The van der Waals surface area contributed by atoms with Crippen molar-refractivity contribution in [1.29, 1.82) is 0 Å². The first kappa shape index (κ1) is 53.1. The van der Waals surface area contributed by atoms with Crippen molar-refractivity contribution in [1.82, 2.24) is 0 Å². The Morgan fingerprint density at radius 1 is 0.387 bits per heavy atom. The maximum atomic E-state index is 13.3. The van der Waals surface area contributed by atoms with E-state index in [1.54, 1.807) is 6.66 Å². The number of hydrogen-bond donors (Lipinski definition) is 3. The maximum absolute atomic E-state index is 13.3. The van der Waals surface area contributed by atoms with Crippen LogP contribution in [-0.4, -0.2) is 107 Å². The van der Waals surface area contributed by atoms with E-state index in [2.05, 4.69) is 79.0 Å². The normalized spacial score (nSPS) is 15.0. The zero-order valence-electron chi connectivity index (χ0n) is 30.8. The number of aliphatic imine (C=N–C) groups is 3. The predicted molar refractivity (Wildman–Crippen MR) is 202 cm³/mol. The fourth-order valence-electron chi connectivity index (χ4n) is 5.08. The van der Waals surface area contributed by atoms with Crippen LogP contribution in [0, 0.1) is 0 Å². The summed E-state index contributed by atoms with van der Waals surface area (Å²) in [5, 5.41) is 6.98.